The fourth-order valence-electron chi connectivity index (χ4n) is 3.39. The Hall–Kier alpha value is -0.600. The van der Waals surface area contributed by atoms with Gasteiger partial charge in [0, 0.05) is 15.2 Å². The van der Waals surface area contributed by atoms with Crippen LogP contribution in [0.1, 0.15) is 36.8 Å². The lowest BCUT2D eigenvalue weighted by Gasteiger charge is -2.24. The molecule has 2 heterocycles. The first kappa shape index (κ1) is 8.54. The predicted octanol–water partition coefficient (Wildman–Crippen LogP) is 4.65. The summed E-state index contributed by atoms with van der Waals surface area (Å²) >= 11 is 3.86. The van der Waals surface area contributed by atoms with E-state index < -0.39 is 0 Å². The van der Waals surface area contributed by atoms with E-state index in [2.05, 4.69) is 22.9 Å². The normalized spacial score (nSPS) is 20.8. The summed E-state index contributed by atoms with van der Waals surface area (Å²) in [6.07, 6.45) is 5.57. The number of hydrogen-bond donors (Lipinski definition) is 0. The van der Waals surface area contributed by atoms with Gasteiger partial charge in [0.25, 0.3) is 0 Å². The average Bonchev–Trinajstić information content (AvgIpc) is 3.00. The van der Waals surface area contributed by atoms with Gasteiger partial charge in [-0.05, 0) is 46.9 Å². The summed E-state index contributed by atoms with van der Waals surface area (Å²) in [5.41, 5.74) is 3.73. The minimum absolute atomic E-state index is 0.435. The molecule has 0 aromatic carbocycles. The number of rotatable bonds is 0. The van der Waals surface area contributed by atoms with E-state index >= 15 is 0 Å². The van der Waals surface area contributed by atoms with Gasteiger partial charge in [-0.3, -0.25) is 0 Å². The Morgan fingerprint density at radius 1 is 0.867 bits per heavy atom. The van der Waals surface area contributed by atoms with Crippen molar-refractivity contribution < 1.29 is 0 Å². The van der Waals surface area contributed by atoms with Crippen LogP contribution >= 0.6 is 22.7 Å². The van der Waals surface area contributed by atoms with Crippen molar-refractivity contribution in [2.24, 2.45) is 0 Å². The van der Waals surface area contributed by atoms with Gasteiger partial charge in [0.15, 0.2) is 0 Å². The zero-order chi connectivity index (χ0) is 9.88. The van der Waals surface area contributed by atoms with Crippen LogP contribution < -0.4 is 0 Å². The van der Waals surface area contributed by atoms with Crippen molar-refractivity contribution in [3.63, 3.8) is 0 Å². The Morgan fingerprint density at radius 2 is 1.40 bits per heavy atom. The summed E-state index contributed by atoms with van der Waals surface area (Å²) in [5, 5.41) is 4.54. The molecule has 0 aliphatic heterocycles. The Morgan fingerprint density at radius 3 is 1.93 bits per heavy atom. The number of thiophene rings is 2. The molecule has 0 N–H and O–H groups in total. The third kappa shape index (κ3) is 0.883. The molecule has 0 amide bonds. The van der Waals surface area contributed by atoms with Crippen molar-refractivity contribution in [2.45, 2.75) is 31.1 Å². The van der Waals surface area contributed by atoms with Gasteiger partial charge in [0.05, 0.1) is 0 Å². The third-order valence-corrected chi connectivity index (χ3v) is 6.02. The Kier molecular flexibility index (Phi) is 1.56. The van der Waals surface area contributed by atoms with Gasteiger partial charge in [-0.1, -0.05) is 12.8 Å². The minimum atomic E-state index is 0.435. The highest BCUT2D eigenvalue weighted by Crippen LogP contribution is 2.59. The van der Waals surface area contributed by atoms with E-state index in [1.807, 2.05) is 22.7 Å². The molecule has 2 aromatic heterocycles. The highest BCUT2D eigenvalue weighted by Gasteiger charge is 2.46. The SMILES string of the molecule is c1cc2c(s1)-c1sccc1C21CCCC1. The highest BCUT2D eigenvalue weighted by molar-refractivity contribution is 7.21. The lowest BCUT2D eigenvalue weighted by Crippen LogP contribution is -2.19. The molecule has 2 heteroatoms. The molecule has 1 saturated carbocycles. The Labute approximate surface area is 97.6 Å². The summed E-state index contributed by atoms with van der Waals surface area (Å²) < 4.78 is 0. The predicted molar refractivity (Wildman–Crippen MR) is 66.9 cm³/mol. The molecule has 2 aliphatic carbocycles. The molecule has 0 nitrogen and oxygen atoms in total. The van der Waals surface area contributed by atoms with Crippen molar-refractivity contribution in [2.75, 3.05) is 0 Å². The quantitative estimate of drug-likeness (QED) is 0.620. The van der Waals surface area contributed by atoms with Gasteiger partial charge in [-0.15, -0.1) is 22.7 Å². The molecule has 0 saturated heterocycles. The second kappa shape index (κ2) is 2.74. The summed E-state index contributed by atoms with van der Waals surface area (Å²) in [7, 11) is 0. The summed E-state index contributed by atoms with van der Waals surface area (Å²) in [6.45, 7) is 0. The van der Waals surface area contributed by atoms with Crippen molar-refractivity contribution in [1.29, 1.82) is 0 Å². The maximum Gasteiger partial charge on any atom is 0.0486 e. The molecule has 76 valence electrons. The van der Waals surface area contributed by atoms with Gasteiger partial charge < -0.3 is 0 Å². The molecule has 2 aromatic rings. The van der Waals surface area contributed by atoms with Crippen molar-refractivity contribution in [3.05, 3.63) is 34.0 Å². The van der Waals surface area contributed by atoms with Crippen LogP contribution in [0.2, 0.25) is 0 Å². The van der Waals surface area contributed by atoms with Gasteiger partial charge >= 0.3 is 0 Å². The first-order chi connectivity index (χ1) is 7.42. The molecule has 1 fully saturated rings. The topological polar surface area (TPSA) is 0 Å². The molecule has 0 radical (unpaired) electrons. The van der Waals surface area contributed by atoms with Crippen LogP contribution in [0.4, 0.5) is 0 Å². The van der Waals surface area contributed by atoms with E-state index in [9.17, 15) is 0 Å². The fraction of sp³-hybridized carbons (Fsp3) is 0.385. The minimum Gasteiger partial charge on any atom is -0.143 e. The van der Waals surface area contributed by atoms with E-state index in [0.717, 1.165) is 0 Å². The molecule has 1 spiro atoms. The summed E-state index contributed by atoms with van der Waals surface area (Å²) in [6, 6.07) is 4.75. The van der Waals surface area contributed by atoms with E-state index in [1.54, 1.807) is 20.9 Å². The van der Waals surface area contributed by atoms with E-state index in [1.165, 1.54) is 25.7 Å². The Bertz CT molecular complexity index is 470. The first-order valence-electron chi connectivity index (χ1n) is 5.58. The van der Waals surface area contributed by atoms with Gasteiger partial charge in [-0.2, -0.15) is 0 Å². The second-order valence-corrected chi connectivity index (χ2v) is 6.45. The molecule has 4 rings (SSSR count). The molecular weight excluding hydrogens is 220 g/mol. The zero-order valence-electron chi connectivity index (χ0n) is 8.45. The van der Waals surface area contributed by atoms with E-state index in [-0.39, 0.29) is 0 Å². The van der Waals surface area contributed by atoms with Crippen molar-refractivity contribution in [3.8, 4) is 9.75 Å². The van der Waals surface area contributed by atoms with Gasteiger partial charge in [0.2, 0.25) is 0 Å². The maximum absolute atomic E-state index is 2.37. The lowest BCUT2D eigenvalue weighted by atomic mass is 9.78. The number of hydrogen-bond acceptors (Lipinski definition) is 2. The smallest absolute Gasteiger partial charge is 0.0486 e. The van der Waals surface area contributed by atoms with Crippen LogP contribution in [0, 0.1) is 0 Å². The van der Waals surface area contributed by atoms with Crippen LogP contribution in [-0.2, 0) is 5.41 Å². The molecular formula is C13H12S2. The molecule has 0 unspecified atom stereocenters. The molecule has 2 aliphatic rings. The number of fused-ring (bicyclic) bond motifs is 5. The largest absolute Gasteiger partial charge is 0.143 e. The molecule has 15 heavy (non-hydrogen) atoms. The summed E-state index contributed by atoms with van der Waals surface area (Å²) in [5.74, 6) is 0. The van der Waals surface area contributed by atoms with Crippen LogP contribution in [-0.4, -0.2) is 0 Å². The fourth-order valence-corrected chi connectivity index (χ4v) is 5.57. The average molecular weight is 232 g/mol. The van der Waals surface area contributed by atoms with Crippen molar-refractivity contribution in [1.82, 2.24) is 0 Å². The van der Waals surface area contributed by atoms with Gasteiger partial charge in [-0.25, -0.2) is 0 Å². The standard InChI is InChI=1S/C13H12S2/c1-2-6-13(5-1)9-3-7-14-11(9)12-10(13)4-8-15-12/h3-4,7-8H,1-2,5-6H2. The van der Waals surface area contributed by atoms with Crippen LogP contribution in [0.15, 0.2) is 22.9 Å². The monoisotopic (exact) mass is 232 g/mol. The molecule has 0 bridgehead atoms. The van der Waals surface area contributed by atoms with Gasteiger partial charge in [0.1, 0.15) is 0 Å². The van der Waals surface area contributed by atoms with Crippen molar-refractivity contribution >= 4 is 22.7 Å². The lowest BCUT2D eigenvalue weighted by molar-refractivity contribution is 0.552. The van der Waals surface area contributed by atoms with E-state index in [4.69, 9.17) is 0 Å². The van der Waals surface area contributed by atoms with Crippen LogP contribution in [0.25, 0.3) is 9.75 Å². The molecule has 0 atom stereocenters. The maximum atomic E-state index is 2.37. The van der Waals surface area contributed by atoms with Crippen LogP contribution in [0.5, 0.6) is 0 Å². The zero-order valence-corrected chi connectivity index (χ0v) is 10.1. The van der Waals surface area contributed by atoms with Crippen LogP contribution in [0.3, 0.4) is 0 Å². The van der Waals surface area contributed by atoms with E-state index in [0.29, 0.717) is 5.41 Å². The summed E-state index contributed by atoms with van der Waals surface area (Å²) in [4.78, 5) is 3.14. The highest BCUT2D eigenvalue weighted by atomic mass is 32.1. The third-order valence-electron chi connectivity index (χ3n) is 4.02. The first-order valence-corrected chi connectivity index (χ1v) is 7.34. The second-order valence-electron chi connectivity index (χ2n) is 4.62. The Balaban J connectivity index is 2.09.